The Hall–Kier alpha value is -2.21. The van der Waals surface area contributed by atoms with Gasteiger partial charge in [0.2, 0.25) is 5.75 Å². The first-order valence-corrected chi connectivity index (χ1v) is 8.28. The maximum Gasteiger partial charge on any atom is 0.254 e. The van der Waals surface area contributed by atoms with E-state index in [0.717, 1.165) is 4.88 Å². The van der Waals surface area contributed by atoms with Gasteiger partial charge in [0.05, 0.1) is 13.2 Å². The van der Waals surface area contributed by atoms with E-state index >= 15 is 0 Å². The van der Waals surface area contributed by atoms with Gasteiger partial charge < -0.3 is 19.1 Å². The zero-order valence-electron chi connectivity index (χ0n) is 13.4. The van der Waals surface area contributed by atoms with Gasteiger partial charge in [-0.15, -0.1) is 11.3 Å². The van der Waals surface area contributed by atoms with E-state index < -0.39 is 0 Å². The van der Waals surface area contributed by atoms with Crippen molar-refractivity contribution >= 4 is 17.2 Å². The van der Waals surface area contributed by atoms with Gasteiger partial charge >= 0.3 is 0 Å². The first-order valence-electron chi connectivity index (χ1n) is 7.40. The van der Waals surface area contributed by atoms with Gasteiger partial charge in [-0.1, -0.05) is 6.07 Å². The standard InChI is InChI=1S/C17H19NO4S/c1-11(15-5-4-8-23-15)18(2)17(19)12-9-13(20-3)16-14(10-12)21-6-7-22-16/h4-5,8-11H,6-7H2,1-3H3. The van der Waals surface area contributed by atoms with Crippen LogP contribution in [0.3, 0.4) is 0 Å². The van der Waals surface area contributed by atoms with Gasteiger partial charge in [-0.05, 0) is 30.5 Å². The number of amides is 1. The number of benzene rings is 1. The third-order valence-corrected chi connectivity index (χ3v) is 4.97. The van der Waals surface area contributed by atoms with Crippen LogP contribution in [-0.2, 0) is 0 Å². The molecule has 0 aliphatic carbocycles. The molecule has 1 unspecified atom stereocenters. The molecule has 1 amide bonds. The lowest BCUT2D eigenvalue weighted by Gasteiger charge is -2.26. The van der Waals surface area contributed by atoms with E-state index in [0.29, 0.717) is 36.0 Å². The summed E-state index contributed by atoms with van der Waals surface area (Å²) in [6.07, 6.45) is 0. The Kier molecular flexibility index (Phi) is 4.43. The molecule has 1 aromatic heterocycles. The van der Waals surface area contributed by atoms with Gasteiger partial charge in [0, 0.05) is 17.5 Å². The highest BCUT2D eigenvalue weighted by atomic mass is 32.1. The van der Waals surface area contributed by atoms with Crippen molar-refractivity contribution in [2.45, 2.75) is 13.0 Å². The summed E-state index contributed by atoms with van der Waals surface area (Å²) in [6.45, 7) is 2.96. The van der Waals surface area contributed by atoms with Crippen LogP contribution in [0.5, 0.6) is 17.2 Å². The Bertz CT molecular complexity index is 682. The number of carbonyl (C=O) groups is 1. The predicted octanol–water partition coefficient (Wildman–Crippen LogP) is 3.36. The molecule has 0 saturated carbocycles. The molecule has 5 nitrogen and oxygen atoms in total. The third-order valence-electron chi connectivity index (χ3n) is 3.93. The summed E-state index contributed by atoms with van der Waals surface area (Å²) in [6, 6.07) is 7.44. The molecule has 23 heavy (non-hydrogen) atoms. The molecule has 2 heterocycles. The molecule has 0 saturated heterocycles. The molecule has 122 valence electrons. The van der Waals surface area contributed by atoms with E-state index in [-0.39, 0.29) is 11.9 Å². The number of fused-ring (bicyclic) bond motifs is 1. The topological polar surface area (TPSA) is 48.0 Å². The highest BCUT2D eigenvalue weighted by molar-refractivity contribution is 7.10. The van der Waals surface area contributed by atoms with E-state index in [1.165, 1.54) is 0 Å². The van der Waals surface area contributed by atoms with Crippen molar-refractivity contribution in [3.63, 3.8) is 0 Å². The molecule has 0 bridgehead atoms. The van der Waals surface area contributed by atoms with Gasteiger partial charge in [0.15, 0.2) is 11.5 Å². The van der Waals surface area contributed by atoms with Crippen LogP contribution in [0.25, 0.3) is 0 Å². The number of nitrogens with zero attached hydrogens (tertiary/aromatic N) is 1. The number of rotatable bonds is 4. The predicted molar refractivity (Wildman–Crippen MR) is 88.8 cm³/mol. The fraction of sp³-hybridized carbons (Fsp3) is 0.353. The average Bonchev–Trinajstić information content (AvgIpc) is 3.13. The minimum absolute atomic E-state index is 0.00157. The second-order valence-corrected chi connectivity index (χ2v) is 6.29. The van der Waals surface area contributed by atoms with Crippen LogP contribution >= 0.6 is 11.3 Å². The Balaban J connectivity index is 1.90. The lowest BCUT2D eigenvalue weighted by Crippen LogP contribution is -2.29. The van der Waals surface area contributed by atoms with Crippen LogP contribution in [0.1, 0.15) is 28.2 Å². The van der Waals surface area contributed by atoms with E-state index in [1.807, 2.05) is 24.4 Å². The minimum Gasteiger partial charge on any atom is -0.493 e. The van der Waals surface area contributed by atoms with Crippen LogP contribution in [-0.4, -0.2) is 38.2 Å². The number of hydrogen-bond acceptors (Lipinski definition) is 5. The Morgan fingerprint density at radius 2 is 2.13 bits per heavy atom. The molecule has 6 heteroatoms. The van der Waals surface area contributed by atoms with Gasteiger partial charge in [-0.25, -0.2) is 0 Å². The highest BCUT2D eigenvalue weighted by Gasteiger charge is 2.24. The normalized spacial score (nSPS) is 14.2. The van der Waals surface area contributed by atoms with Crippen LogP contribution in [0.15, 0.2) is 29.6 Å². The molecule has 2 aromatic rings. The maximum atomic E-state index is 12.8. The quantitative estimate of drug-likeness (QED) is 0.861. The molecule has 0 fully saturated rings. The number of ether oxygens (including phenoxy) is 3. The van der Waals surface area contributed by atoms with Crippen molar-refractivity contribution in [3.8, 4) is 17.2 Å². The zero-order chi connectivity index (χ0) is 16.4. The maximum absolute atomic E-state index is 12.8. The smallest absolute Gasteiger partial charge is 0.254 e. The Morgan fingerprint density at radius 3 is 2.83 bits per heavy atom. The number of hydrogen-bond donors (Lipinski definition) is 0. The summed E-state index contributed by atoms with van der Waals surface area (Å²) in [4.78, 5) is 15.7. The first kappa shape index (κ1) is 15.7. The van der Waals surface area contributed by atoms with Crippen LogP contribution in [0.4, 0.5) is 0 Å². The highest BCUT2D eigenvalue weighted by Crippen LogP contribution is 2.41. The van der Waals surface area contributed by atoms with E-state index in [2.05, 4.69) is 0 Å². The number of thiophene rings is 1. The minimum atomic E-state index is -0.0822. The Morgan fingerprint density at radius 1 is 1.35 bits per heavy atom. The molecule has 0 N–H and O–H groups in total. The molecular weight excluding hydrogens is 314 g/mol. The molecule has 0 spiro atoms. The van der Waals surface area contributed by atoms with Crippen molar-refractivity contribution in [3.05, 3.63) is 40.1 Å². The summed E-state index contributed by atoms with van der Waals surface area (Å²) in [5.41, 5.74) is 0.525. The first-order chi connectivity index (χ1) is 11.1. The lowest BCUT2D eigenvalue weighted by molar-refractivity contribution is 0.0743. The molecule has 1 aliphatic rings. The number of carbonyl (C=O) groups excluding carboxylic acids is 1. The SMILES string of the molecule is COc1cc(C(=O)N(C)C(C)c2cccs2)cc2c1OCCO2. The van der Waals surface area contributed by atoms with E-state index in [1.54, 1.807) is 42.5 Å². The summed E-state index contributed by atoms with van der Waals surface area (Å²) in [5, 5.41) is 2.01. The second-order valence-electron chi connectivity index (χ2n) is 5.31. The fourth-order valence-electron chi connectivity index (χ4n) is 2.50. The zero-order valence-corrected chi connectivity index (χ0v) is 14.2. The van der Waals surface area contributed by atoms with Gasteiger partial charge in [0.25, 0.3) is 5.91 Å². The molecule has 1 aliphatic heterocycles. The molecule has 3 rings (SSSR count). The van der Waals surface area contributed by atoms with E-state index in [4.69, 9.17) is 14.2 Å². The summed E-state index contributed by atoms with van der Waals surface area (Å²) in [7, 11) is 3.36. The Labute approximate surface area is 139 Å². The average molecular weight is 333 g/mol. The summed E-state index contributed by atoms with van der Waals surface area (Å²) >= 11 is 1.64. The van der Waals surface area contributed by atoms with E-state index in [9.17, 15) is 4.79 Å². The monoisotopic (exact) mass is 333 g/mol. The third kappa shape index (κ3) is 2.99. The fourth-order valence-corrected chi connectivity index (χ4v) is 3.32. The van der Waals surface area contributed by atoms with Crippen molar-refractivity contribution < 1.29 is 19.0 Å². The van der Waals surface area contributed by atoms with Crippen LogP contribution in [0.2, 0.25) is 0 Å². The van der Waals surface area contributed by atoms with Crippen LogP contribution < -0.4 is 14.2 Å². The molecular formula is C17H19NO4S. The molecule has 1 aromatic carbocycles. The van der Waals surface area contributed by atoms with Crippen molar-refractivity contribution in [2.24, 2.45) is 0 Å². The van der Waals surface area contributed by atoms with Crippen molar-refractivity contribution in [2.75, 3.05) is 27.4 Å². The second kappa shape index (κ2) is 6.50. The summed E-state index contributed by atoms with van der Waals surface area (Å²) < 4.78 is 16.5. The van der Waals surface area contributed by atoms with Crippen molar-refractivity contribution in [1.82, 2.24) is 4.90 Å². The van der Waals surface area contributed by atoms with Crippen LogP contribution in [0, 0.1) is 0 Å². The summed E-state index contributed by atoms with van der Waals surface area (Å²) in [5.74, 6) is 1.55. The lowest BCUT2D eigenvalue weighted by atomic mass is 10.1. The number of methoxy groups -OCH3 is 1. The molecule has 0 radical (unpaired) electrons. The molecule has 1 atom stereocenters. The van der Waals surface area contributed by atoms with Crippen molar-refractivity contribution in [1.29, 1.82) is 0 Å². The van der Waals surface area contributed by atoms with Gasteiger partial charge in [-0.3, -0.25) is 4.79 Å². The van der Waals surface area contributed by atoms with Gasteiger partial charge in [0.1, 0.15) is 13.2 Å². The largest absolute Gasteiger partial charge is 0.493 e. The van der Waals surface area contributed by atoms with Gasteiger partial charge in [-0.2, -0.15) is 0 Å².